The van der Waals surface area contributed by atoms with Gasteiger partial charge in [-0.25, -0.2) is 0 Å². The van der Waals surface area contributed by atoms with Crippen LogP contribution >= 0.6 is 0 Å². The van der Waals surface area contributed by atoms with Gasteiger partial charge in [0.05, 0.1) is 38.7 Å². The van der Waals surface area contributed by atoms with E-state index in [-0.39, 0.29) is 12.7 Å². The number of hydrogen-bond acceptors (Lipinski definition) is 9. The van der Waals surface area contributed by atoms with Crippen LogP contribution in [0.15, 0.2) is 175 Å². The summed E-state index contributed by atoms with van der Waals surface area (Å²) in [4.78, 5) is 5.19. The van der Waals surface area contributed by atoms with Gasteiger partial charge in [-0.3, -0.25) is 0 Å². The molecule has 8 rings (SSSR count). The molecular formula is C50H49NO8. The lowest BCUT2D eigenvalue weighted by Crippen LogP contribution is -2.62. The van der Waals surface area contributed by atoms with Gasteiger partial charge in [-0.15, -0.1) is 0 Å². The lowest BCUT2D eigenvalue weighted by molar-refractivity contribution is -0.310. The van der Waals surface area contributed by atoms with Crippen molar-refractivity contribution >= 4 is 5.71 Å². The van der Waals surface area contributed by atoms with Crippen LogP contribution in [0.1, 0.15) is 45.9 Å². The van der Waals surface area contributed by atoms with Crippen LogP contribution in [0.5, 0.6) is 11.5 Å². The minimum Gasteiger partial charge on any atom is -0.485 e. The number of ether oxygens (including phenoxy) is 7. The number of para-hydroxylation sites is 1. The zero-order valence-electron chi connectivity index (χ0n) is 33.1. The Hall–Kier alpha value is -5.81. The minimum atomic E-state index is -0.884. The highest BCUT2D eigenvalue weighted by molar-refractivity contribution is 6.03. The average Bonchev–Trinajstić information content (AvgIpc) is 3.29. The maximum atomic E-state index is 6.91. The highest BCUT2D eigenvalue weighted by atomic mass is 16.7. The van der Waals surface area contributed by atoms with Gasteiger partial charge in [-0.1, -0.05) is 151 Å². The van der Waals surface area contributed by atoms with Crippen molar-refractivity contribution in [2.45, 2.75) is 69.7 Å². The largest absolute Gasteiger partial charge is 0.485 e. The Morgan fingerprint density at radius 3 is 1.63 bits per heavy atom. The molecule has 9 nitrogen and oxygen atoms in total. The van der Waals surface area contributed by atoms with Crippen LogP contribution < -0.4 is 9.47 Å². The highest BCUT2D eigenvalue weighted by Gasteiger charge is 2.50. The maximum absolute atomic E-state index is 6.91. The van der Waals surface area contributed by atoms with Crippen molar-refractivity contribution in [1.82, 2.24) is 0 Å². The number of benzene rings is 6. The van der Waals surface area contributed by atoms with E-state index in [0.717, 1.165) is 44.8 Å². The molecule has 9 heteroatoms. The van der Waals surface area contributed by atoms with E-state index < -0.39 is 30.7 Å². The van der Waals surface area contributed by atoms with Crippen LogP contribution in [-0.2, 0) is 54.9 Å². The van der Waals surface area contributed by atoms with E-state index >= 15 is 0 Å². The molecule has 6 aromatic carbocycles. The molecule has 0 saturated carbocycles. The average molecular weight is 792 g/mol. The summed E-state index contributed by atoms with van der Waals surface area (Å²) in [6.45, 7) is 1.63. The third kappa shape index (κ3) is 10.6. The van der Waals surface area contributed by atoms with Crippen molar-refractivity contribution in [3.05, 3.63) is 203 Å². The SMILES string of the molecule is CO/N=C1/CC(c2ccc(O[C@@H]3O[C@H](COCc4ccccc4)[C@@H](OCc4ccccc4)[C@@H](OCc4ccccc4)[C@H]3OCc3ccccc3)cc2)Oc2ccccc21. The normalized spacial score (nSPS) is 21.9. The monoisotopic (exact) mass is 791 g/mol. The van der Waals surface area contributed by atoms with E-state index in [1.807, 2.05) is 170 Å². The molecule has 1 unspecified atom stereocenters. The second-order valence-corrected chi connectivity index (χ2v) is 14.5. The van der Waals surface area contributed by atoms with Gasteiger partial charge in [-0.05, 0) is 52.1 Å². The first-order chi connectivity index (χ1) is 29.2. The molecule has 2 heterocycles. The van der Waals surface area contributed by atoms with Crippen molar-refractivity contribution in [2.75, 3.05) is 13.7 Å². The number of nitrogens with zero attached hydrogens (tertiary/aromatic N) is 1. The molecule has 1 saturated heterocycles. The standard InChI is InChI=1S/C50H49NO8/c1-52-51-43-30-45(58-44-25-15-14-24-42(43)44)40-26-28-41(29-27-40)57-50-49(56-34-39-22-12-5-13-23-39)48(55-33-38-20-10-4-11-21-38)47(54-32-37-18-8-3-9-19-37)46(59-50)35-53-31-36-16-6-2-7-17-36/h2-29,45-50H,30-35H2,1H3/b51-43-/t45?,46-,47-,48-,49-,50-/m1/s1. The molecule has 0 aromatic heterocycles. The Labute approximate surface area is 346 Å². The highest BCUT2D eigenvalue weighted by Crippen LogP contribution is 2.37. The summed E-state index contributed by atoms with van der Waals surface area (Å²) >= 11 is 0. The van der Waals surface area contributed by atoms with E-state index in [4.69, 9.17) is 38.0 Å². The lowest BCUT2D eigenvalue weighted by atomic mass is 9.95. The summed E-state index contributed by atoms with van der Waals surface area (Å²) in [6, 6.07) is 56.1. The topological polar surface area (TPSA) is 86.2 Å². The molecule has 2 aliphatic heterocycles. The minimum absolute atomic E-state index is 0.232. The number of hydrogen-bond donors (Lipinski definition) is 0. The van der Waals surface area contributed by atoms with Gasteiger partial charge in [0.15, 0.2) is 0 Å². The van der Waals surface area contributed by atoms with Crippen LogP contribution in [0.2, 0.25) is 0 Å². The zero-order chi connectivity index (χ0) is 40.1. The van der Waals surface area contributed by atoms with E-state index in [0.29, 0.717) is 38.6 Å². The molecular weight excluding hydrogens is 743 g/mol. The van der Waals surface area contributed by atoms with Crippen LogP contribution in [0.3, 0.4) is 0 Å². The van der Waals surface area contributed by atoms with E-state index in [1.54, 1.807) is 7.11 Å². The molecule has 0 amide bonds. The van der Waals surface area contributed by atoms with Crippen molar-refractivity contribution in [2.24, 2.45) is 5.16 Å². The fourth-order valence-corrected chi connectivity index (χ4v) is 7.41. The predicted octanol–water partition coefficient (Wildman–Crippen LogP) is 9.64. The van der Waals surface area contributed by atoms with Gasteiger partial charge >= 0.3 is 0 Å². The lowest BCUT2D eigenvalue weighted by Gasteiger charge is -2.45. The molecule has 6 atom stereocenters. The van der Waals surface area contributed by atoms with Crippen molar-refractivity contribution in [1.29, 1.82) is 0 Å². The van der Waals surface area contributed by atoms with Gasteiger partial charge in [-0.2, -0.15) is 0 Å². The first-order valence-corrected chi connectivity index (χ1v) is 20.1. The molecule has 0 radical (unpaired) electrons. The smallest absolute Gasteiger partial charge is 0.229 e. The molecule has 0 N–H and O–H groups in total. The van der Waals surface area contributed by atoms with Gasteiger partial charge in [0.25, 0.3) is 0 Å². The summed E-state index contributed by atoms with van der Waals surface area (Å²) in [5.74, 6) is 1.36. The summed E-state index contributed by atoms with van der Waals surface area (Å²) in [7, 11) is 1.56. The Balaban J connectivity index is 1.09. The molecule has 0 aliphatic carbocycles. The Kier molecular flexibility index (Phi) is 13.7. The number of oxime groups is 1. The molecule has 2 aliphatic rings. The van der Waals surface area contributed by atoms with Crippen molar-refractivity contribution in [3.8, 4) is 11.5 Å². The summed E-state index contributed by atoms with van der Waals surface area (Å²) < 4.78 is 47.0. The molecule has 59 heavy (non-hydrogen) atoms. The second-order valence-electron chi connectivity index (χ2n) is 14.5. The third-order valence-electron chi connectivity index (χ3n) is 10.4. The van der Waals surface area contributed by atoms with Crippen LogP contribution in [0.25, 0.3) is 0 Å². The van der Waals surface area contributed by atoms with Crippen LogP contribution in [0.4, 0.5) is 0 Å². The Bertz CT molecular complexity index is 2190. The Morgan fingerprint density at radius 2 is 1.05 bits per heavy atom. The number of rotatable bonds is 17. The fourth-order valence-electron chi connectivity index (χ4n) is 7.41. The van der Waals surface area contributed by atoms with E-state index in [1.165, 1.54) is 0 Å². The summed E-state index contributed by atoms with van der Waals surface area (Å²) in [5, 5.41) is 4.32. The molecule has 6 aromatic rings. The zero-order valence-corrected chi connectivity index (χ0v) is 33.1. The van der Waals surface area contributed by atoms with Gasteiger partial charge in [0, 0.05) is 12.0 Å². The first-order valence-electron chi connectivity index (χ1n) is 20.1. The van der Waals surface area contributed by atoms with E-state index in [9.17, 15) is 0 Å². The van der Waals surface area contributed by atoms with Crippen LogP contribution in [-0.4, -0.2) is 50.1 Å². The van der Waals surface area contributed by atoms with Crippen molar-refractivity contribution in [3.63, 3.8) is 0 Å². The fraction of sp³-hybridized carbons (Fsp3) is 0.260. The predicted molar refractivity (Wildman–Crippen MR) is 225 cm³/mol. The Morgan fingerprint density at radius 1 is 0.542 bits per heavy atom. The van der Waals surface area contributed by atoms with Gasteiger partial charge in [0.1, 0.15) is 49.1 Å². The van der Waals surface area contributed by atoms with E-state index in [2.05, 4.69) is 5.16 Å². The molecule has 302 valence electrons. The molecule has 0 spiro atoms. The number of fused-ring (bicyclic) bond motifs is 1. The summed E-state index contributed by atoms with van der Waals surface area (Å²) in [5.41, 5.74) is 6.87. The molecule has 1 fully saturated rings. The maximum Gasteiger partial charge on any atom is 0.229 e. The summed E-state index contributed by atoms with van der Waals surface area (Å²) in [6.07, 6.45) is -3.04. The van der Waals surface area contributed by atoms with Gasteiger partial charge in [0.2, 0.25) is 6.29 Å². The quantitative estimate of drug-likeness (QED) is 0.0845. The van der Waals surface area contributed by atoms with Crippen LogP contribution in [0, 0.1) is 0 Å². The third-order valence-corrected chi connectivity index (χ3v) is 10.4. The van der Waals surface area contributed by atoms with Gasteiger partial charge < -0.3 is 38.0 Å². The van der Waals surface area contributed by atoms with Crippen molar-refractivity contribution < 1.29 is 38.0 Å². The first kappa shape index (κ1) is 40.0. The second kappa shape index (κ2) is 20.2. The molecule has 0 bridgehead atoms.